The zero-order valence-corrected chi connectivity index (χ0v) is 17.9. The van der Waals surface area contributed by atoms with Crippen molar-refractivity contribution in [1.82, 2.24) is 20.4 Å². The normalized spacial score (nSPS) is 11.0. The van der Waals surface area contributed by atoms with Crippen LogP contribution < -0.4 is 10.1 Å². The highest BCUT2D eigenvalue weighted by Gasteiger charge is 2.13. The number of aryl methyl sites for hydroxylation is 3. The van der Waals surface area contributed by atoms with Gasteiger partial charge in [0.15, 0.2) is 5.82 Å². The minimum Gasteiger partial charge on any atom is -0.488 e. The van der Waals surface area contributed by atoms with Crippen LogP contribution in [0.15, 0.2) is 41.2 Å². The zero-order valence-electron chi connectivity index (χ0n) is 17.9. The van der Waals surface area contributed by atoms with Crippen LogP contribution >= 0.6 is 0 Å². The molecule has 0 atom stereocenters. The number of pyridine rings is 1. The lowest BCUT2D eigenvalue weighted by molar-refractivity contribution is 0.0952. The van der Waals surface area contributed by atoms with Crippen molar-refractivity contribution >= 4 is 5.91 Å². The first kappa shape index (κ1) is 21.5. The SMILES string of the molecule is Cc1cc(C(=O)NCCCc2nc(C(C)C)no2)cc(C)c1OCc1cccnc1. The molecule has 0 saturated heterocycles. The number of aromatic nitrogens is 3. The third-order valence-corrected chi connectivity index (χ3v) is 4.68. The molecule has 3 rings (SSSR count). The van der Waals surface area contributed by atoms with Crippen LogP contribution in [0, 0.1) is 13.8 Å². The number of carbonyl (C=O) groups is 1. The van der Waals surface area contributed by atoms with E-state index in [4.69, 9.17) is 9.26 Å². The lowest BCUT2D eigenvalue weighted by Crippen LogP contribution is -2.25. The minimum atomic E-state index is -0.103. The van der Waals surface area contributed by atoms with E-state index in [-0.39, 0.29) is 11.8 Å². The Morgan fingerprint density at radius 1 is 1.23 bits per heavy atom. The predicted molar refractivity (Wildman–Crippen MR) is 114 cm³/mol. The van der Waals surface area contributed by atoms with Crippen LogP contribution in [-0.2, 0) is 13.0 Å². The average molecular weight is 409 g/mol. The summed E-state index contributed by atoms with van der Waals surface area (Å²) in [5, 5.41) is 6.90. The number of hydrogen-bond donors (Lipinski definition) is 1. The summed E-state index contributed by atoms with van der Waals surface area (Å²) in [4.78, 5) is 21.0. The van der Waals surface area contributed by atoms with E-state index in [1.54, 1.807) is 12.4 Å². The third kappa shape index (κ3) is 5.65. The van der Waals surface area contributed by atoms with Crippen LogP contribution in [0.2, 0.25) is 0 Å². The van der Waals surface area contributed by atoms with E-state index in [2.05, 4.69) is 20.4 Å². The monoisotopic (exact) mass is 408 g/mol. The second kappa shape index (κ2) is 10.0. The third-order valence-electron chi connectivity index (χ3n) is 4.68. The van der Waals surface area contributed by atoms with Gasteiger partial charge in [-0.05, 0) is 49.6 Å². The maximum Gasteiger partial charge on any atom is 0.251 e. The molecule has 3 aromatic rings. The van der Waals surface area contributed by atoms with E-state index in [0.29, 0.717) is 36.9 Å². The summed E-state index contributed by atoms with van der Waals surface area (Å²) in [6, 6.07) is 7.56. The Morgan fingerprint density at radius 2 is 2.00 bits per heavy atom. The van der Waals surface area contributed by atoms with Crippen molar-refractivity contribution in [2.75, 3.05) is 6.54 Å². The van der Waals surface area contributed by atoms with Gasteiger partial charge in [-0.1, -0.05) is 25.1 Å². The fourth-order valence-corrected chi connectivity index (χ4v) is 3.10. The Kier molecular flexibility index (Phi) is 7.17. The molecule has 0 unspecified atom stereocenters. The van der Waals surface area contributed by atoms with Crippen LogP contribution in [-0.4, -0.2) is 27.6 Å². The van der Waals surface area contributed by atoms with Gasteiger partial charge in [-0.2, -0.15) is 4.98 Å². The van der Waals surface area contributed by atoms with E-state index in [1.807, 2.05) is 52.0 Å². The van der Waals surface area contributed by atoms with Crippen LogP contribution in [0.3, 0.4) is 0 Å². The van der Waals surface area contributed by atoms with Crippen LogP contribution in [0.4, 0.5) is 0 Å². The van der Waals surface area contributed by atoms with Crippen LogP contribution in [0.25, 0.3) is 0 Å². The molecule has 0 aliphatic heterocycles. The molecular formula is C23H28N4O3. The summed E-state index contributed by atoms with van der Waals surface area (Å²) in [6.07, 6.45) is 4.89. The number of rotatable bonds is 9. The number of nitrogens with zero attached hydrogens (tertiary/aromatic N) is 3. The summed E-state index contributed by atoms with van der Waals surface area (Å²) in [5.74, 6) is 2.26. The van der Waals surface area contributed by atoms with Gasteiger partial charge in [0.05, 0.1) is 0 Å². The Balaban J connectivity index is 1.51. The highest BCUT2D eigenvalue weighted by atomic mass is 16.5. The van der Waals surface area contributed by atoms with E-state index in [0.717, 1.165) is 28.9 Å². The molecule has 0 aliphatic rings. The molecule has 2 aromatic heterocycles. The molecule has 158 valence electrons. The van der Waals surface area contributed by atoms with Crippen molar-refractivity contribution in [2.45, 2.75) is 53.1 Å². The molecule has 0 saturated carbocycles. The summed E-state index contributed by atoms with van der Waals surface area (Å²) < 4.78 is 11.2. The van der Waals surface area contributed by atoms with Crippen molar-refractivity contribution in [3.8, 4) is 5.75 Å². The quantitative estimate of drug-likeness (QED) is 0.535. The van der Waals surface area contributed by atoms with Gasteiger partial charge in [-0.3, -0.25) is 9.78 Å². The average Bonchev–Trinajstić information content (AvgIpc) is 3.20. The van der Waals surface area contributed by atoms with E-state index in [1.165, 1.54) is 0 Å². The number of nitrogens with one attached hydrogen (secondary N) is 1. The highest BCUT2D eigenvalue weighted by molar-refractivity contribution is 5.94. The van der Waals surface area contributed by atoms with E-state index >= 15 is 0 Å². The number of hydrogen-bond acceptors (Lipinski definition) is 6. The highest BCUT2D eigenvalue weighted by Crippen LogP contribution is 2.25. The first-order valence-electron chi connectivity index (χ1n) is 10.2. The van der Waals surface area contributed by atoms with Crippen molar-refractivity contribution in [2.24, 2.45) is 0 Å². The summed E-state index contributed by atoms with van der Waals surface area (Å²) in [5.41, 5.74) is 3.48. The predicted octanol–water partition coefficient (Wildman–Crippen LogP) is 4.15. The Morgan fingerprint density at radius 3 is 2.63 bits per heavy atom. The molecule has 0 fully saturated rings. The number of carbonyl (C=O) groups excluding carboxylic acids is 1. The molecule has 0 spiro atoms. The fraction of sp³-hybridized carbons (Fsp3) is 0.391. The molecule has 2 heterocycles. The standard InChI is InChI=1S/C23H28N4O3/c1-15(2)22-26-20(30-27-22)8-6-10-25-23(28)19-11-16(3)21(17(4)12-19)29-14-18-7-5-9-24-13-18/h5,7,9,11-13,15H,6,8,10,14H2,1-4H3,(H,25,28). The zero-order chi connectivity index (χ0) is 21.5. The Bertz CT molecular complexity index is 960. The smallest absolute Gasteiger partial charge is 0.251 e. The van der Waals surface area contributed by atoms with E-state index < -0.39 is 0 Å². The van der Waals surface area contributed by atoms with Gasteiger partial charge in [-0.15, -0.1) is 0 Å². The lowest BCUT2D eigenvalue weighted by atomic mass is 10.0. The van der Waals surface area contributed by atoms with Crippen molar-refractivity contribution in [3.05, 3.63) is 70.6 Å². The Hall–Kier alpha value is -3.22. The number of ether oxygens (including phenoxy) is 1. The van der Waals surface area contributed by atoms with Gasteiger partial charge in [-0.25, -0.2) is 0 Å². The number of amides is 1. The van der Waals surface area contributed by atoms with Gasteiger partial charge < -0.3 is 14.6 Å². The number of benzene rings is 1. The molecule has 1 aromatic carbocycles. The maximum atomic E-state index is 12.5. The lowest BCUT2D eigenvalue weighted by Gasteiger charge is -2.14. The van der Waals surface area contributed by atoms with Crippen molar-refractivity contribution < 1.29 is 14.1 Å². The molecule has 1 N–H and O–H groups in total. The Labute approximate surface area is 176 Å². The second-order valence-electron chi connectivity index (χ2n) is 7.65. The van der Waals surface area contributed by atoms with Crippen molar-refractivity contribution in [1.29, 1.82) is 0 Å². The van der Waals surface area contributed by atoms with Gasteiger partial charge in [0.2, 0.25) is 5.89 Å². The topological polar surface area (TPSA) is 90.1 Å². The summed E-state index contributed by atoms with van der Waals surface area (Å²) >= 11 is 0. The molecule has 1 amide bonds. The molecule has 30 heavy (non-hydrogen) atoms. The van der Waals surface area contributed by atoms with Gasteiger partial charge in [0.1, 0.15) is 12.4 Å². The van der Waals surface area contributed by atoms with Crippen molar-refractivity contribution in [3.63, 3.8) is 0 Å². The van der Waals surface area contributed by atoms with E-state index in [9.17, 15) is 4.79 Å². The maximum absolute atomic E-state index is 12.5. The second-order valence-corrected chi connectivity index (χ2v) is 7.65. The molecular weight excluding hydrogens is 380 g/mol. The fourth-order valence-electron chi connectivity index (χ4n) is 3.10. The first-order valence-corrected chi connectivity index (χ1v) is 10.2. The first-order chi connectivity index (χ1) is 14.4. The van der Waals surface area contributed by atoms with Gasteiger partial charge >= 0.3 is 0 Å². The molecule has 0 radical (unpaired) electrons. The molecule has 7 heteroatoms. The largest absolute Gasteiger partial charge is 0.488 e. The van der Waals surface area contributed by atoms with Crippen LogP contribution in [0.1, 0.15) is 64.9 Å². The summed E-state index contributed by atoms with van der Waals surface area (Å²) in [6.45, 7) is 8.92. The van der Waals surface area contributed by atoms with Gasteiger partial charge in [0.25, 0.3) is 5.91 Å². The minimum absolute atomic E-state index is 0.103. The summed E-state index contributed by atoms with van der Waals surface area (Å²) in [7, 11) is 0. The van der Waals surface area contributed by atoms with Crippen LogP contribution in [0.5, 0.6) is 5.75 Å². The van der Waals surface area contributed by atoms with Gasteiger partial charge in [0, 0.05) is 42.4 Å². The molecule has 0 aliphatic carbocycles. The molecule has 0 bridgehead atoms. The molecule has 7 nitrogen and oxygen atoms in total.